The van der Waals surface area contributed by atoms with E-state index in [1.54, 1.807) is 0 Å². The Morgan fingerprint density at radius 2 is 2.00 bits per heavy atom. The maximum absolute atomic E-state index is 14.0. The highest BCUT2D eigenvalue weighted by atomic mass is 19.1. The van der Waals surface area contributed by atoms with Gasteiger partial charge in [-0.2, -0.15) is 0 Å². The van der Waals surface area contributed by atoms with Gasteiger partial charge in [0.1, 0.15) is 5.82 Å². The van der Waals surface area contributed by atoms with Crippen LogP contribution < -0.4 is 11.1 Å². The first kappa shape index (κ1) is 14.7. The van der Waals surface area contributed by atoms with Crippen molar-refractivity contribution >= 4 is 11.6 Å². The number of carbonyl (C=O) groups excluding carboxylic acids is 1. The van der Waals surface area contributed by atoms with Gasteiger partial charge in [0.2, 0.25) is 5.91 Å². The number of hydrogen-bond acceptors (Lipinski definition) is 2. The third kappa shape index (κ3) is 2.62. The normalized spacial score (nSPS) is 18.0. The van der Waals surface area contributed by atoms with E-state index in [0.717, 1.165) is 11.1 Å². The molecule has 0 fully saturated rings. The van der Waals surface area contributed by atoms with Crippen LogP contribution in [0.1, 0.15) is 42.0 Å². The molecule has 1 aliphatic heterocycles. The van der Waals surface area contributed by atoms with E-state index in [0.29, 0.717) is 24.1 Å². The minimum absolute atomic E-state index is 0.0729. The van der Waals surface area contributed by atoms with Crippen LogP contribution in [0.5, 0.6) is 0 Å². The standard InChI is InChI=1S/C18H19FN2O/c1-2-13-14-9-12(19)10-15(17(14)21-18(13)22)16(20)8-11-6-4-3-5-7-11/h3-7,9-10,13,16H,2,8,20H2,1H3,(H,21,22). The average Bonchev–Trinajstić information content (AvgIpc) is 2.82. The van der Waals surface area contributed by atoms with Gasteiger partial charge in [-0.15, -0.1) is 0 Å². The largest absolute Gasteiger partial charge is 0.325 e. The van der Waals surface area contributed by atoms with E-state index in [1.807, 2.05) is 37.3 Å². The van der Waals surface area contributed by atoms with Crippen LogP contribution in [0, 0.1) is 5.82 Å². The van der Waals surface area contributed by atoms with Gasteiger partial charge in [0.05, 0.1) is 5.92 Å². The Balaban J connectivity index is 1.96. The van der Waals surface area contributed by atoms with Gasteiger partial charge in [-0.25, -0.2) is 4.39 Å². The third-order valence-electron chi connectivity index (χ3n) is 4.21. The van der Waals surface area contributed by atoms with Gasteiger partial charge in [0.25, 0.3) is 0 Å². The maximum Gasteiger partial charge on any atom is 0.232 e. The molecule has 3 rings (SSSR count). The summed E-state index contributed by atoms with van der Waals surface area (Å²) < 4.78 is 14.0. The summed E-state index contributed by atoms with van der Waals surface area (Å²) in [7, 11) is 0. The summed E-state index contributed by atoms with van der Waals surface area (Å²) in [6.07, 6.45) is 1.25. The zero-order valence-electron chi connectivity index (χ0n) is 12.5. The Labute approximate surface area is 129 Å². The minimum Gasteiger partial charge on any atom is -0.325 e. The molecule has 0 bridgehead atoms. The summed E-state index contributed by atoms with van der Waals surface area (Å²) in [4.78, 5) is 12.0. The number of fused-ring (bicyclic) bond motifs is 1. The van der Waals surface area contributed by atoms with Crippen LogP contribution in [0.2, 0.25) is 0 Å². The molecule has 0 saturated heterocycles. The number of amides is 1. The number of nitrogens with one attached hydrogen (secondary N) is 1. The SMILES string of the molecule is CCC1C(=O)Nc2c(C(N)Cc3ccccc3)cc(F)cc21. The fourth-order valence-electron chi connectivity index (χ4n) is 3.10. The van der Waals surface area contributed by atoms with Gasteiger partial charge >= 0.3 is 0 Å². The molecule has 1 aliphatic rings. The Kier molecular flexibility index (Phi) is 3.94. The lowest BCUT2D eigenvalue weighted by molar-refractivity contribution is -0.117. The molecule has 1 amide bonds. The van der Waals surface area contributed by atoms with Crippen LogP contribution in [0.4, 0.5) is 10.1 Å². The summed E-state index contributed by atoms with van der Waals surface area (Å²) in [5.74, 6) is -0.697. The van der Waals surface area contributed by atoms with Crippen molar-refractivity contribution in [2.45, 2.75) is 31.7 Å². The number of nitrogens with two attached hydrogens (primary N) is 1. The molecule has 2 aromatic rings. The monoisotopic (exact) mass is 298 g/mol. The van der Waals surface area contributed by atoms with E-state index in [-0.39, 0.29) is 23.7 Å². The summed E-state index contributed by atoms with van der Waals surface area (Å²) in [6, 6.07) is 12.4. The number of halogens is 1. The van der Waals surface area contributed by atoms with Gasteiger partial charge < -0.3 is 11.1 Å². The summed E-state index contributed by atoms with van der Waals surface area (Å²) in [5.41, 5.74) is 9.46. The first-order valence-electron chi connectivity index (χ1n) is 7.54. The maximum atomic E-state index is 14.0. The lowest BCUT2D eigenvalue weighted by Crippen LogP contribution is -2.16. The van der Waals surface area contributed by atoms with Crippen LogP contribution >= 0.6 is 0 Å². The second-order valence-electron chi connectivity index (χ2n) is 5.71. The number of anilines is 1. The average molecular weight is 298 g/mol. The highest BCUT2D eigenvalue weighted by Crippen LogP contribution is 2.40. The molecule has 1 heterocycles. The van der Waals surface area contributed by atoms with Crippen LogP contribution in [0.25, 0.3) is 0 Å². The molecular weight excluding hydrogens is 279 g/mol. The minimum atomic E-state index is -0.359. The van der Waals surface area contributed by atoms with E-state index < -0.39 is 0 Å². The lowest BCUT2D eigenvalue weighted by Gasteiger charge is -2.17. The molecule has 3 N–H and O–H groups in total. The Bertz CT molecular complexity index is 700. The quantitative estimate of drug-likeness (QED) is 0.907. The van der Waals surface area contributed by atoms with E-state index in [1.165, 1.54) is 12.1 Å². The van der Waals surface area contributed by atoms with Gasteiger partial charge in [0, 0.05) is 11.7 Å². The molecule has 114 valence electrons. The highest BCUT2D eigenvalue weighted by molar-refractivity contribution is 6.03. The predicted octanol–water partition coefficient (Wildman–Crippen LogP) is 3.51. The number of hydrogen-bond donors (Lipinski definition) is 2. The van der Waals surface area contributed by atoms with E-state index in [9.17, 15) is 9.18 Å². The number of carbonyl (C=O) groups is 1. The van der Waals surface area contributed by atoms with Crippen LogP contribution in [-0.4, -0.2) is 5.91 Å². The smallest absolute Gasteiger partial charge is 0.232 e. The van der Waals surface area contributed by atoms with Gasteiger partial charge in [-0.3, -0.25) is 4.79 Å². The first-order valence-corrected chi connectivity index (χ1v) is 7.54. The molecule has 4 heteroatoms. The van der Waals surface area contributed by atoms with Crippen molar-refractivity contribution < 1.29 is 9.18 Å². The Morgan fingerprint density at radius 3 is 2.68 bits per heavy atom. The predicted molar refractivity (Wildman–Crippen MR) is 85.1 cm³/mol. The second-order valence-corrected chi connectivity index (χ2v) is 5.71. The number of rotatable bonds is 4. The summed E-state index contributed by atoms with van der Waals surface area (Å²) in [5, 5.41) is 2.88. The molecule has 0 spiro atoms. The van der Waals surface area contributed by atoms with E-state index >= 15 is 0 Å². The van der Waals surface area contributed by atoms with Crippen molar-refractivity contribution in [3.63, 3.8) is 0 Å². The highest BCUT2D eigenvalue weighted by Gasteiger charge is 2.32. The molecule has 3 nitrogen and oxygen atoms in total. The summed E-state index contributed by atoms with van der Waals surface area (Å²) in [6.45, 7) is 1.92. The molecule has 2 atom stereocenters. The first-order chi connectivity index (χ1) is 10.6. The number of benzene rings is 2. The molecule has 2 aromatic carbocycles. The zero-order valence-corrected chi connectivity index (χ0v) is 12.5. The molecule has 0 aliphatic carbocycles. The molecular formula is C18H19FN2O. The second kappa shape index (κ2) is 5.89. The van der Waals surface area contributed by atoms with Crippen molar-refractivity contribution in [3.8, 4) is 0 Å². The Morgan fingerprint density at radius 1 is 1.27 bits per heavy atom. The van der Waals surface area contributed by atoms with Crippen molar-refractivity contribution in [2.75, 3.05) is 5.32 Å². The molecule has 22 heavy (non-hydrogen) atoms. The van der Waals surface area contributed by atoms with E-state index in [2.05, 4.69) is 5.32 Å². The van der Waals surface area contributed by atoms with Crippen molar-refractivity contribution in [1.82, 2.24) is 0 Å². The van der Waals surface area contributed by atoms with Gasteiger partial charge in [0.15, 0.2) is 0 Å². The molecule has 2 unspecified atom stereocenters. The Hall–Kier alpha value is -2.20. The van der Waals surface area contributed by atoms with Crippen molar-refractivity contribution in [2.24, 2.45) is 5.73 Å². The van der Waals surface area contributed by atoms with Crippen LogP contribution in [0.3, 0.4) is 0 Å². The molecule has 0 aromatic heterocycles. The lowest BCUT2D eigenvalue weighted by atomic mass is 9.92. The fourth-order valence-corrected chi connectivity index (χ4v) is 3.10. The molecule has 0 radical (unpaired) electrons. The van der Waals surface area contributed by atoms with Gasteiger partial charge in [-0.1, -0.05) is 37.3 Å². The zero-order chi connectivity index (χ0) is 15.7. The van der Waals surface area contributed by atoms with Gasteiger partial charge in [-0.05, 0) is 41.7 Å². The molecule has 0 saturated carbocycles. The third-order valence-corrected chi connectivity index (χ3v) is 4.21. The van der Waals surface area contributed by atoms with Crippen LogP contribution in [-0.2, 0) is 11.2 Å². The summed E-state index contributed by atoms with van der Waals surface area (Å²) >= 11 is 0. The van der Waals surface area contributed by atoms with E-state index in [4.69, 9.17) is 5.73 Å². The fraction of sp³-hybridized carbons (Fsp3) is 0.278. The van der Waals surface area contributed by atoms with Crippen molar-refractivity contribution in [1.29, 1.82) is 0 Å². The van der Waals surface area contributed by atoms with Crippen LogP contribution in [0.15, 0.2) is 42.5 Å². The van der Waals surface area contributed by atoms with Crippen molar-refractivity contribution in [3.05, 3.63) is 65.0 Å². The topological polar surface area (TPSA) is 55.1 Å².